The summed E-state index contributed by atoms with van der Waals surface area (Å²) < 4.78 is 37.8. The minimum Gasteiger partial charge on any atom is -0.297 e. The van der Waals surface area contributed by atoms with Crippen molar-refractivity contribution in [3.05, 3.63) is 0 Å². The monoisotopic (exact) mass is 252 g/mol. The Morgan fingerprint density at radius 1 is 1.29 bits per heavy atom. The number of carbonyl (C=O) groups is 1. The van der Waals surface area contributed by atoms with E-state index in [4.69, 9.17) is 23.2 Å². The van der Waals surface area contributed by atoms with Gasteiger partial charge in [0.1, 0.15) is 0 Å². The molecule has 0 rings (SSSR count). The SMILES string of the molecule is O=C(CCCCOC(F)(F)F)C(Cl)Cl. The summed E-state index contributed by atoms with van der Waals surface area (Å²) in [5.74, 6) is -0.389. The average molecular weight is 253 g/mol. The molecule has 0 fully saturated rings. The van der Waals surface area contributed by atoms with E-state index in [0.29, 0.717) is 0 Å². The molecule has 0 unspecified atom stereocenters. The van der Waals surface area contributed by atoms with Crippen LogP contribution >= 0.6 is 23.2 Å². The van der Waals surface area contributed by atoms with Crippen LogP contribution in [-0.4, -0.2) is 23.6 Å². The van der Waals surface area contributed by atoms with Gasteiger partial charge in [0, 0.05) is 6.42 Å². The van der Waals surface area contributed by atoms with Crippen LogP contribution in [0.1, 0.15) is 19.3 Å². The molecule has 0 N–H and O–H groups in total. The van der Waals surface area contributed by atoms with Crippen molar-refractivity contribution in [1.82, 2.24) is 0 Å². The second kappa shape index (κ2) is 6.48. The van der Waals surface area contributed by atoms with Gasteiger partial charge in [-0.25, -0.2) is 0 Å². The Kier molecular flexibility index (Phi) is 6.48. The predicted octanol–water partition coefficient (Wildman–Crippen LogP) is 3.07. The first-order chi connectivity index (χ1) is 6.33. The Labute approximate surface area is 89.3 Å². The highest BCUT2D eigenvalue weighted by atomic mass is 35.5. The van der Waals surface area contributed by atoms with Crippen LogP contribution in [0.3, 0.4) is 0 Å². The van der Waals surface area contributed by atoms with Gasteiger partial charge in [-0.2, -0.15) is 0 Å². The summed E-state index contributed by atoms with van der Waals surface area (Å²) in [4.78, 5) is 9.68. The molecule has 0 aromatic rings. The maximum Gasteiger partial charge on any atom is 0.522 e. The molecule has 7 heteroatoms. The highest BCUT2D eigenvalue weighted by Crippen LogP contribution is 2.17. The van der Waals surface area contributed by atoms with Crippen molar-refractivity contribution in [2.24, 2.45) is 0 Å². The van der Waals surface area contributed by atoms with Gasteiger partial charge in [0.25, 0.3) is 0 Å². The summed E-state index contributed by atoms with van der Waals surface area (Å²) in [6, 6.07) is 0. The van der Waals surface area contributed by atoms with E-state index in [2.05, 4.69) is 4.74 Å². The molecule has 0 aromatic carbocycles. The van der Waals surface area contributed by atoms with Gasteiger partial charge in [0.15, 0.2) is 10.6 Å². The first kappa shape index (κ1) is 14.0. The number of hydrogen-bond acceptors (Lipinski definition) is 2. The summed E-state index contributed by atoms with van der Waals surface area (Å²) in [6.07, 6.45) is -4.11. The molecule has 2 nitrogen and oxygen atoms in total. The Hall–Kier alpha value is -0.000000000000000111. The lowest BCUT2D eigenvalue weighted by molar-refractivity contribution is -0.324. The molecular formula is C7H9Cl2F3O2. The van der Waals surface area contributed by atoms with E-state index in [0.717, 1.165) is 0 Å². The predicted molar refractivity (Wildman–Crippen MR) is 46.4 cm³/mol. The Bertz CT molecular complexity index is 182. The molecule has 0 aliphatic heterocycles. The Balaban J connectivity index is 3.35. The molecule has 14 heavy (non-hydrogen) atoms. The van der Waals surface area contributed by atoms with Gasteiger partial charge in [-0.3, -0.25) is 9.53 Å². The molecule has 0 aliphatic carbocycles. The number of ether oxygens (including phenoxy) is 1. The van der Waals surface area contributed by atoms with E-state index in [-0.39, 0.29) is 25.0 Å². The van der Waals surface area contributed by atoms with Crippen LogP contribution in [0.5, 0.6) is 0 Å². The highest BCUT2D eigenvalue weighted by Gasteiger charge is 2.28. The van der Waals surface area contributed by atoms with Crippen molar-refractivity contribution < 1.29 is 22.7 Å². The van der Waals surface area contributed by atoms with Crippen LogP contribution in [0.2, 0.25) is 0 Å². The third-order valence-electron chi connectivity index (χ3n) is 1.33. The number of unbranched alkanes of at least 4 members (excludes halogenated alkanes) is 1. The number of carbonyl (C=O) groups excluding carboxylic acids is 1. The number of rotatable bonds is 6. The third kappa shape index (κ3) is 8.59. The van der Waals surface area contributed by atoms with Gasteiger partial charge in [-0.05, 0) is 12.8 Å². The molecule has 0 bridgehead atoms. The maximum absolute atomic E-state index is 11.4. The van der Waals surface area contributed by atoms with Gasteiger partial charge in [-0.1, -0.05) is 23.2 Å². The molecular weight excluding hydrogens is 244 g/mol. The van der Waals surface area contributed by atoms with E-state index in [1.807, 2.05) is 0 Å². The number of hydrogen-bond donors (Lipinski definition) is 0. The van der Waals surface area contributed by atoms with Gasteiger partial charge >= 0.3 is 6.36 Å². The van der Waals surface area contributed by atoms with E-state index < -0.39 is 17.8 Å². The Morgan fingerprint density at radius 2 is 1.86 bits per heavy atom. The van der Waals surface area contributed by atoms with Gasteiger partial charge < -0.3 is 0 Å². The van der Waals surface area contributed by atoms with Crippen LogP contribution in [0, 0.1) is 0 Å². The minimum atomic E-state index is -4.61. The van der Waals surface area contributed by atoms with Crippen molar-refractivity contribution in [1.29, 1.82) is 0 Å². The largest absolute Gasteiger partial charge is 0.522 e. The fourth-order valence-corrected chi connectivity index (χ4v) is 0.917. The Morgan fingerprint density at radius 3 is 2.29 bits per heavy atom. The summed E-state index contributed by atoms with van der Waals surface area (Å²) >= 11 is 10.4. The van der Waals surface area contributed by atoms with Crippen LogP contribution in [0.25, 0.3) is 0 Å². The molecule has 0 heterocycles. The molecule has 0 saturated heterocycles. The van der Waals surface area contributed by atoms with Gasteiger partial charge in [0.2, 0.25) is 0 Å². The zero-order valence-electron chi connectivity index (χ0n) is 7.11. The third-order valence-corrected chi connectivity index (χ3v) is 1.81. The minimum absolute atomic E-state index is 0.0683. The molecule has 0 amide bonds. The van der Waals surface area contributed by atoms with Crippen molar-refractivity contribution in [3.8, 4) is 0 Å². The molecule has 0 spiro atoms. The fourth-order valence-electron chi connectivity index (χ4n) is 0.698. The fraction of sp³-hybridized carbons (Fsp3) is 0.857. The molecule has 0 aliphatic rings. The molecule has 0 atom stereocenters. The highest BCUT2D eigenvalue weighted by molar-refractivity contribution is 6.53. The van der Waals surface area contributed by atoms with Crippen LogP contribution in [0.15, 0.2) is 0 Å². The first-order valence-corrected chi connectivity index (χ1v) is 4.72. The zero-order chi connectivity index (χ0) is 11.2. The second-order valence-corrected chi connectivity index (χ2v) is 3.61. The number of halogens is 5. The van der Waals surface area contributed by atoms with E-state index in [1.165, 1.54) is 0 Å². The standard InChI is InChI=1S/C7H9Cl2F3O2/c8-6(9)5(13)3-1-2-4-14-7(10,11)12/h6H,1-4H2. The summed E-state index contributed by atoms with van der Waals surface area (Å²) in [6.45, 7) is -0.452. The topological polar surface area (TPSA) is 26.3 Å². The van der Waals surface area contributed by atoms with Crippen molar-refractivity contribution in [2.75, 3.05) is 6.61 Å². The van der Waals surface area contributed by atoms with Crippen molar-refractivity contribution in [2.45, 2.75) is 30.5 Å². The average Bonchev–Trinajstić information content (AvgIpc) is 2.01. The lowest BCUT2D eigenvalue weighted by Gasteiger charge is -2.06. The summed E-state index contributed by atoms with van der Waals surface area (Å²) in [7, 11) is 0. The normalized spacial score (nSPS) is 12.1. The van der Waals surface area contributed by atoms with Gasteiger partial charge in [0.05, 0.1) is 6.61 Å². The van der Waals surface area contributed by atoms with Crippen molar-refractivity contribution in [3.63, 3.8) is 0 Å². The number of ketones is 1. The number of Topliss-reactive ketones (excluding diaryl/α,β-unsaturated/α-hetero) is 1. The smallest absolute Gasteiger partial charge is 0.297 e. The maximum atomic E-state index is 11.4. The van der Waals surface area contributed by atoms with Crippen LogP contribution < -0.4 is 0 Å². The van der Waals surface area contributed by atoms with Crippen LogP contribution in [0.4, 0.5) is 13.2 Å². The van der Waals surface area contributed by atoms with E-state index in [9.17, 15) is 18.0 Å². The lowest BCUT2D eigenvalue weighted by Crippen LogP contribution is -2.14. The lowest BCUT2D eigenvalue weighted by atomic mass is 10.2. The molecule has 0 aromatic heterocycles. The number of alkyl halides is 5. The quantitative estimate of drug-likeness (QED) is 0.537. The van der Waals surface area contributed by atoms with E-state index in [1.54, 1.807) is 0 Å². The second-order valence-electron chi connectivity index (χ2n) is 2.52. The molecule has 0 radical (unpaired) electrons. The summed E-state index contributed by atoms with van der Waals surface area (Å²) in [5, 5.41) is 0. The van der Waals surface area contributed by atoms with E-state index >= 15 is 0 Å². The van der Waals surface area contributed by atoms with Gasteiger partial charge in [-0.15, -0.1) is 13.2 Å². The first-order valence-electron chi connectivity index (χ1n) is 3.84. The zero-order valence-corrected chi connectivity index (χ0v) is 8.62. The summed E-state index contributed by atoms with van der Waals surface area (Å²) in [5.41, 5.74) is 0. The van der Waals surface area contributed by atoms with Crippen molar-refractivity contribution >= 4 is 29.0 Å². The molecule has 0 saturated carbocycles. The molecule has 84 valence electrons. The van der Waals surface area contributed by atoms with Crippen LogP contribution in [-0.2, 0) is 9.53 Å².